The van der Waals surface area contributed by atoms with Crippen molar-refractivity contribution in [3.05, 3.63) is 0 Å². The van der Waals surface area contributed by atoms with Gasteiger partial charge in [0.05, 0.1) is 12.3 Å². The molecule has 0 aromatic heterocycles. The first-order valence-corrected chi connectivity index (χ1v) is 7.65. The molecule has 0 aliphatic heterocycles. The Morgan fingerprint density at radius 3 is 2.41 bits per heavy atom. The summed E-state index contributed by atoms with van der Waals surface area (Å²) in [5.41, 5.74) is 5.73. The molecular weight excluding hydrogens is 242 g/mol. The molecule has 4 N–H and O–H groups in total. The van der Waals surface area contributed by atoms with Crippen molar-refractivity contribution in [2.75, 3.05) is 19.3 Å². The third-order valence-corrected chi connectivity index (χ3v) is 3.31. The average Bonchev–Trinajstić information content (AvgIpc) is 2.24. The van der Waals surface area contributed by atoms with Crippen LogP contribution in [0.3, 0.4) is 0 Å². The molecule has 0 aromatic carbocycles. The normalized spacial score (nSPS) is 15.3. The van der Waals surface area contributed by atoms with Gasteiger partial charge < -0.3 is 11.1 Å². The molecule has 1 unspecified atom stereocenters. The zero-order valence-corrected chi connectivity index (χ0v) is 11.5. The van der Waals surface area contributed by atoms with Crippen molar-refractivity contribution in [1.29, 1.82) is 0 Å². The summed E-state index contributed by atoms with van der Waals surface area (Å²) in [5.74, 6) is -0.0390. The predicted octanol–water partition coefficient (Wildman–Crippen LogP) is -0.585. The SMILES string of the molecule is CCC(C)[C@H](N)C(=O)NCCCNS(C)(=O)=O. The van der Waals surface area contributed by atoms with Gasteiger partial charge in [0.1, 0.15) is 0 Å². The predicted molar refractivity (Wildman–Crippen MR) is 67.9 cm³/mol. The van der Waals surface area contributed by atoms with E-state index in [2.05, 4.69) is 10.0 Å². The second kappa shape index (κ2) is 7.62. The van der Waals surface area contributed by atoms with E-state index >= 15 is 0 Å². The summed E-state index contributed by atoms with van der Waals surface area (Å²) in [6, 6.07) is -0.497. The van der Waals surface area contributed by atoms with Crippen LogP contribution < -0.4 is 15.8 Å². The number of sulfonamides is 1. The summed E-state index contributed by atoms with van der Waals surface area (Å²) < 4.78 is 23.8. The molecule has 0 radical (unpaired) electrons. The highest BCUT2D eigenvalue weighted by molar-refractivity contribution is 7.88. The number of hydrogen-bond acceptors (Lipinski definition) is 4. The minimum Gasteiger partial charge on any atom is -0.355 e. The van der Waals surface area contributed by atoms with Gasteiger partial charge in [-0.1, -0.05) is 20.3 Å². The Balaban J connectivity index is 3.72. The summed E-state index contributed by atoms with van der Waals surface area (Å²) in [7, 11) is -3.15. The Bertz CT molecular complexity index is 330. The van der Waals surface area contributed by atoms with Crippen molar-refractivity contribution < 1.29 is 13.2 Å². The second-order valence-electron chi connectivity index (χ2n) is 4.22. The van der Waals surface area contributed by atoms with Crippen LogP contribution in [-0.2, 0) is 14.8 Å². The number of carbonyl (C=O) groups is 1. The molecule has 0 bridgehead atoms. The number of hydrogen-bond donors (Lipinski definition) is 3. The van der Waals surface area contributed by atoms with Gasteiger partial charge >= 0.3 is 0 Å². The van der Waals surface area contributed by atoms with Crippen LogP contribution in [0.15, 0.2) is 0 Å². The van der Waals surface area contributed by atoms with E-state index < -0.39 is 16.1 Å². The van der Waals surface area contributed by atoms with Crippen LogP contribution in [-0.4, -0.2) is 39.7 Å². The molecular formula is C10H23N3O3S. The number of carbonyl (C=O) groups excluding carboxylic acids is 1. The van der Waals surface area contributed by atoms with Crippen molar-refractivity contribution >= 4 is 15.9 Å². The molecule has 102 valence electrons. The van der Waals surface area contributed by atoms with E-state index in [-0.39, 0.29) is 11.8 Å². The molecule has 1 amide bonds. The largest absolute Gasteiger partial charge is 0.355 e. The third kappa shape index (κ3) is 8.12. The maximum absolute atomic E-state index is 11.5. The van der Waals surface area contributed by atoms with E-state index in [9.17, 15) is 13.2 Å². The summed E-state index contributed by atoms with van der Waals surface area (Å²) in [6.45, 7) is 4.65. The van der Waals surface area contributed by atoms with E-state index in [4.69, 9.17) is 5.73 Å². The molecule has 0 saturated carbocycles. The summed E-state index contributed by atoms with van der Waals surface area (Å²) in [4.78, 5) is 11.5. The Morgan fingerprint density at radius 1 is 1.35 bits per heavy atom. The summed E-state index contributed by atoms with van der Waals surface area (Å²) in [6.07, 6.45) is 2.50. The highest BCUT2D eigenvalue weighted by Gasteiger charge is 2.18. The van der Waals surface area contributed by atoms with Gasteiger partial charge in [-0.25, -0.2) is 13.1 Å². The number of rotatable bonds is 8. The molecule has 7 heteroatoms. The molecule has 0 aliphatic carbocycles. The fourth-order valence-corrected chi connectivity index (χ4v) is 1.70. The first-order valence-electron chi connectivity index (χ1n) is 5.75. The summed E-state index contributed by atoms with van der Waals surface area (Å²) in [5, 5.41) is 2.69. The first-order chi connectivity index (χ1) is 7.78. The van der Waals surface area contributed by atoms with E-state index in [1.807, 2.05) is 13.8 Å². The van der Waals surface area contributed by atoms with Gasteiger partial charge in [-0.2, -0.15) is 0 Å². The zero-order valence-electron chi connectivity index (χ0n) is 10.7. The molecule has 0 saturated heterocycles. The number of amides is 1. The average molecular weight is 265 g/mol. The van der Waals surface area contributed by atoms with Crippen LogP contribution in [0.4, 0.5) is 0 Å². The van der Waals surface area contributed by atoms with Crippen LogP contribution in [0.2, 0.25) is 0 Å². The second-order valence-corrected chi connectivity index (χ2v) is 6.06. The van der Waals surface area contributed by atoms with Gasteiger partial charge in [0.25, 0.3) is 0 Å². The molecule has 0 rings (SSSR count). The first kappa shape index (κ1) is 16.3. The monoisotopic (exact) mass is 265 g/mol. The highest BCUT2D eigenvalue weighted by atomic mass is 32.2. The molecule has 2 atom stereocenters. The van der Waals surface area contributed by atoms with Crippen LogP contribution >= 0.6 is 0 Å². The fraction of sp³-hybridized carbons (Fsp3) is 0.900. The fourth-order valence-electron chi connectivity index (χ4n) is 1.19. The van der Waals surface area contributed by atoms with E-state index in [0.29, 0.717) is 19.5 Å². The van der Waals surface area contributed by atoms with Gasteiger partial charge in [0, 0.05) is 13.1 Å². The van der Waals surface area contributed by atoms with Gasteiger partial charge in [-0.3, -0.25) is 4.79 Å². The van der Waals surface area contributed by atoms with Gasteiger partial charge in [-0.05, 0) is 12.3 Å². The molecule has 0 spiro atoms. The van der Waals surface area contributed by atoms with Crippen molar-refractivity contribution in [1.82, 2.24) is 10.0 Å². The maximum Gasteiger partial charge on any atom is 0.237 e. The van der Waals surface area contributed by atoms with Gasteiger partial charge in [-0.15, -0.1) is 0 Å². The molecule has 0 heterocycles. The van der Waals surface area contributed by atoms with Crippen molar-refractivity contribution in [3.8, 4) is 0 Å². The Hall–Kier alpha value is -0.660. The Kier molecular flexibility index (Phi) is 7.33. The van der Waals surface area contributed by atoms with Crippen LogP contribution in [0.25, 0.3) is 0 Å². The third-order valence-electron chi connectivity index (χ3n) is 2.58. The lowest BCUT2D eigenvalue weighted by atomic mass is 9.99. The highest BCUT2D eigenvalue weighted by Crippen LogP contribution is 2.04. The van der Waals surface area contributed by atoms with E-state index in [0.717, 1.165) is 12.7 Å². The molecule has 6 nitrogen and oxygen atoms in total. The van der Waals surface area contributed by atoms with Gasteiger partial charge in [0.15, 0.2) is 0 Å². The molecule has 0 aromatic rings. The number of nitrogens with two attached hydrogens (primary N) is 1. The quantitative estimate of drug-likeness (QED) is 0.511. The lowest BCUT2D eigenvalue weighted by Gasteiger charge is -2.17. The van der Waals surface area contributed by atoms with Crippen LogP contribution in [0.1, 0.15) is 26.7 Å². The molecule has 0 aliphatic rings. The van der Waals surface area contributed by atoms with Crippen LogP contribution in [0, 0.1) is 5.92 Å². The minimum absolute atomic E-state index is 0.143. The lowest BCUT2D eigenvalue weighted by Crippen LogP contribution is -2.45. The minimum atomic E-state index is -3.15. The molecule has 17 heavy (non-hydrogen) atoms. The smallest absolute Gasteiger partial charge is 0.237 e. The molecule has 0 fully saturated rings. The summed E-state index contributed by atoms with van der Waals surface area (Å²) >= 11 is 0. The van der Waals surface area contributed by atoms with Crippen LogP contribution in [0.5, 0.6) is 0 Å². The lowest BCUT2D eigenvalue weighted by molar-refractivity contribution is -0.123. The Morgan fingerprint density at radius 2 is 1.94 bits per heavy atom. The van der Waals surface area contributed by atoms with Gasteiger partial charge in [0.2, 0.25) is 15.9 Å². The zero-order chi connectivity index (χ0) is 13.5. The van der Waals surface area contributed by atoms with Crippen molar-refractivity contribution in [2.24, 2.45) is 11.7 Å². The van der Waals surface area contributed by atoms with Crippen molar-refractivity contribution in [3.63, 3.8) is 0 Å². The number of nitrogens with one attached hydrogen (secondary N) is 2. The van der Waals surface area contributed by atoms with E-state index in [1.54, 1.807) is 0 Å². The van der Waals surface area contributed by atoms with E-state index in [1.165, 1.54) is 0 Å². The van der Waals surface area contributed by atoms with Crippen molar-refractivity contribution in [2.45, 2.75) is 32.7 Å². The maximum atomic E-state index is 11.5. The standard InChI is InChI=1S/C10H23N3O3S/c1-4-8(2)9(11)10(14)12-6-5-7-13-17(3,15)16/h8-9,13H,4-7,11H2,1-3H3,(H,12,14)/t8?,9-/m0/s1. The Labute approximate surface area is 103 Å². The topological polar surface area (TPSA) is 101 Å².